The Balaban J connectivity index is 1.72. The first kappa shape index (κ1) is 23.1. The van der Waals surface area contributed by atoms with E-state index < -0.39 is 11.6 Å². The third-order valence-electron chi connectivity index (χ3n) is 4.96. The molecule has 0 atom stereocenters. The summed E-state index contributed by atoms with van der Waals surface area (Å²) >= 11 is 0. The zero-order chi connectivity index (χ0) is 23.1. The fourth-order valence-electron chi connectivity index (χ4n) is 3.19. The fraction of sp³-hybridized carbons (Fsp3) is 0.308. The van der Waals surface area contributed by atoms with Crippen molar-refractivity contribution in [3.05, 3.63) is 75.1 Å². The molecule has 6 heteroatoms. The van der Waals surface area contributed by atoms with Crippen molar-refractivity contribution in [1.29, 1.82) is 0 Å². The zero-order valence-electron chi connectivity index (χ0n) is 18.9. The molecule has 0 radical (unpaired) electrons. The van der Waals surface area contributed by atoms with E-state index in [9.17, 15) is 9.59 Å². The molecule has 0 spiro atoms. The van der Waals surface area contributed by atoms with E-state index >= 15 is 0 Å². The Morgan fingerprint density at radius 2 is 1.78 bits per heavy atom. The molecule has 0 saturated carbocycles. The third-order valence-corrected chi connectivity index (χ3v) is 4.96. The summed E-state index contributed by atoms with van der Waals surface area (Å²) in [7, 11) is 0. The van der Waals surface area contributed by atoms with Crippen LogP contribution in [0.4, 0.5) is 0 Å². The minimum Gasteiger partial charge on any atom is -0.490 e. The molecule has 0 aliphatic carbocycles. The van der Waals surface area contributed by atoms with Crippen LogP contribution in [0.1, 0.15) is 42.5 Å². The molecule has 0 fully saturated rings. The molecule has 2 aromatic carbocycles. The van der Waals surface area contributed by atoms with Gasteiger partial charge in [0.15, 0.2) is 11.5 Å². The van der Waals surface area contributed by atoms with Gasteiger partial charge >= 0.3 is 11.6 Å². The van der Waals surface area contributed by atoms with Crippen molar-refractivity contribution in [1.82, 2.24) is 0 Å². The fourth-order valence-corrected chi connectivity index (χ4v) is 3.19. The normalized spacial score (nSPS) is 11.1. The van der Waals surface area contributed by atoms with Crippen LogP contribution in [0.5, 0.6) is 11.5 Å². The Labute approximate surface area is 187 Å². The van der Waals surface area contributed by atoms with Crippen LogP contribution in [-0.4, -0.2) is 19.2 Å². The van der Waals surface area contributed by atoms with E-state index in [-0.39, 0.29) is 6.61 Å². The van der Waals surface area contributed by atoms with Gasteiger partial charge in [-0.1, -0.05) is 13.0 Å². The van der Waals surface area contributed by atoms with E-state index in [4.69, 9.17) is 18.6 Å². The number of rotatable bonds is 9. The molecule has 3 rings (SSSR count). The number of aryl methyl sites for hydroxylation is 2. The highest BCUT2D eigenvalue weighted by atomic mass is 16.5. The van der Waals surface area contributed by atoms with E-state index in [0.29, 0.717) is 35.9 Å². The van der Waals surface area contributed by atoms with Crippen LogP contribution in [0, 0.1) is 13.8 Å². The lowest BCUT2D eigenvalue weighted by molar-refractivity contribution is -0.138. The van der Waals surface area contributed by atoms with Gasteiger partial charge in [-0.15, -0.1) is 0 Å². The quantitative estimate of drug-likeness (QED) is 0.256. The first-order chi connectivity index (χ1) is 15.4. The summed E-state index contributed by atoms with van der Waals surface area (Å²) < 4.78 is 22.0. The summed E-state index contributed by atoms with van der Waals surface area (Å²) in [5.74, 6) is 0.790. The van der Waals surface area contributed by atoms with Gasteiger partial charge in [0.2, 0.25) is 0 Å². The number of esters is 1. The number of hydrogen-bond acceptors (Lipinski definition) is 6. The topological polar surface area (TPSA) is 75.0 Å². The molecular formula is C26H28O6. The SMILES string of the molecule is CCCOc1ccc(/C=C/C(=O)OCc2cc(=O)oc3cc(C)c(C)cc23)cc1OCC. The lowest BCUT2D eigenvalue weighted by atomic mass is 10.0. The van der Waals surface area contributed by atoms with Gasteiger partial charge in [-0.05, 0) is 74.2 Å². The molecular weight excluding hydrogens is 408 g/mol. The first-order valence-electron chi connectivity index (χ1n) is 10.7. The first-order valence-corrected chi connectivity index (χ1v) is 10.7. The second-order valence-electron chi connectivity index (χ2n) is 7.45. The second-order valence-corrected chi connectivity index (χ2v) is 7.45. The molecule has 0 amide bonds. The number of benzene rings is 2. The molecule has 0 N–H and O–H groups in total. The molecule has 0 saturated heterocycles. The van der Waals surface area contributed by atoms with Crippen molar-refractivity contribution in [2.24, 2.45) is 0 Å². The van der Waals surface area contributed by atoms with Crippen LogP contribution in [0.3, 0.4) is 0 Å². The highest BCUT2D eigenvalue weighted by Gasteiger charge is 2.10. The Hall–Kier alpha value is -3.54. The minimum absolute atomic E-state index is 0.0260. The number of ether oxygens (including phenoxy) is 3. The van der Waals surface area contributed by atoms with Gasteiger partial charge < -0.3 is 18.6 Å². The average Bonchev–Trinajstić information content (AvgIpc) is 2.76. The predicted octanol–water partition coefficient (Wildman–Crippen LogP) is 5.35. The zero-order valence-corrected chi connectivity index (χ0v) is 18.9. The maximum Gasteiger partial charge on any atom is 0.336 e. The lowest BCUT2D eigenvalue weighted by Gasteiger charge is -2.12. The maximum atomic E-state index is 12.3. The summed E-state index contributed by atoms with van der Waals surface area (Å²) in [6.07, 6.45) is 3.90. The third kappa shape index (κ3) is 5.78. The molecule has 0 aliphatic heterocycles. The van der Waals surface area contributed by atoms with Gasteiger partial charge in [0.05, 0.1) is 13.2 Å². The summed E-state index contributed by atoms with van der Waals surface area (Å²) in [5.41, 5.74) is 3.49. The van der Waals surface area contributed by atoms with E-state index in [2.05, 4.69) is 0 Å². The van der Waals surface area contributed by atoms with Crippen molar-refractivity contribution < 1.29 is 23.4 Å². The van der Waals surface area contributed by atoms with Crippen LogP contribution in [0.15, 0.2) is 51.7 Å². The van der Waals surface area contributed by atoms with E-state index in [1.807, 2.05) is 58.0 Å². The average molecular weight is 437 g/mol. The monoisotopic (exact) mass is 436 g/mol. The molecule has 1 heterocycles. The highest BCUT2D eigenvalue weighted by Crippen LogP contribution is 2.29. The van der Waals surface area contributed by atoms with E-state index in [1.54, 1.807) is 6.08 Å². The Kier molecular flexibility index (Phi) is 7.71. The molecule has 168 valence electrons. The van der Waals surface area contributed by atoms with Crippen LogP contribution in [-0.2, 0) is 16.1 Å². The largest absolute Gasteiger partial charge is 0.490 e. The Morgan fingerprint density at radius 3 is 2.53 bits per heavy atom. The second kappa shape index (κ2) is 10.7. The highest BCUT2D eigenvalue weighted by molar-refractivity contribution is 5.87. The van der Waals surface area contributed by atoms with Crippen molar-refractivity contribution in [3.63, 3.8) is 0 Å². The molecule has 0 bridgehead atoms. The molecule has 3 aromatic rings. The molecule has 0 aliphatic rings. The molecule has 32 heavy (non-hydrogen) atoms. The predicted molar refractivity (Wildman–Crippen MR) is 124 cm³/mol. The smallest absolute Gasteiger partial charge is 0.336 e. The van der Waals surface area contributed by atoms with E-state index in [0.717, 1.165) is 28.5 Å². The minimum atomic E-state index is -0.514. The number of hydrogen-bond donors (Lipinski definition) is 0. The lowest BCUT2D eigenvalue weighted by Crippen LogP contribution is -2.06. The number of carbonyl (C=O) groups excluding carboxylic acids is 1. The van der Waals surface area contributed by atoms with Crippen LogP contribution in [0.2, 0.25) is 0 Å². The van der Waals surface area contributed by atoms with Crippen molar-refractivity contribution >= 4 is 23.0 Å². The van der Waals surface area contributed by atoms with Crippen molar-refractivity contribution in [2.75, 3.05) is 13.2 Å². The summed E-state index contributed by atoms with van der Waals surface area (Å²) in [6.45, 7) is 8.96. The van der Waals surface area contributed by atoms with Crippen molar-refractivity contribution in [2.45, 2.75) is 40.7 Å². The maximum absolute atomic E-state index is 12.3. The Bertz CT molecular complexity index is 1190. The van der Waals surface area contributed by atoms with E-state index in [1.165, 1.54) is 12.1 Å². The van der Waals surface area contributed by atoms with Gasteiger partial charge in [0.25, 0.3) is 0 Å². The van der Waals surface area contributed by atoms with Gasteiger partial charge in [-0.2, -0.15) is 0 Å². The standard InChI is InChI=1S/C26H28O6/c1-5-11-30-22-9-7-19(14-24(22)29-6-2)8-10-25(27)31-16-20-15-26(28)32-23-13-18(4)17(3)12-21(20)23/h7-10,12-15H,5-6,11,16H2,1-4H3/b10-8+. The van der Waals surface area contributed by atoms with Gasteiger partial charge in [-0.3, -0.25) is 0 Å². The summed E-state index contributed by atoms with van der Waals surface area (Å²) in [6, 6.07) is 10.6. The van der Waals surface area contributed by atoms with Gasteiger partial charge in [0.1, 0.15) is 12.2 Å². The van der Waals surface area contributed by atoms with Crippen LogP contribution < -0.4 is 15.1 Å². The Morgan fingerprint density at radius 1 is 1.00 bits per heavy atom. The van der Waals surface area contributed by atoms with Gasteiger partial charge in [-0.25, -0.2) is 9.59 Å². The number of fused-ring (bicyclic) bond motifs is 1. The van der Waals surface area contributed by atoms with Crippen LogP contribution >= 0.6 is 0 Å². The molecule has 0 unspecified atom stereocenters. The van der Waals surface area contributed by atoms with Crippen LogP contribution in [0.25, 0.3) is 17.0 Å². The molecule has 1 aromatic heterocycles. The van der Waals surface area contributed by atoms with Gasteiger partial charge in [0, 0.05) is 23.1 Å². The summed E-state index contributed by atoms with van der Waals surface area (Å²) in [5, 5.41) is 0.758. The molecule has 6 nitrogen and oxygen atoms in total. The number of carbonyl (C=O) groups is 1. The summed E-state index contributed by atoms with van der Waals surface area (Å²) in [4.78, 5) is 24.2. The van der Waals surface area contributed by atoms with Crippen molar-refractivity contribution in [3.8, 4) is 11.5 Å².